The third-order valence-corrected chi connectivity index (χ3v) is 2.54. The number of rotatable bonds is 5. The third kappa shape index (κ3) is 5.68. The molecule has 0 aliphatic rings. The van der Waals surface area contributed by atoms with Gasteiger partial charge in [-0.3, -0.25) is 4.79 Å². The summed E-state index contributed by atoms with van der Waals surface area (Å²) in [5.74, 6) is -1.24. The van der Waals surface area contributed by atoms with Crippen LogP contribution in [0.3, 0.4) is 0 Å². The van der Waals surface area contributed by atoms with Crippen molar-refractivity contribution in [2.24, 2.45) is 17.1 Å². The second kappa shape index (κ2) is 6.00. The molecule has 0 aromatic heterocycles. The van der Waals surface area contributed by atoms with Crippen molar-refractivity contribution in [2.75, 3.05) is 0 Å². The Morgan fingerprint density at radius 2 is 1.76 bits per heavy atom. The minimum Gasteiger partial charge on any atom is -0.480 e. The molecular weight excluding hydrogens is 220 g/mol. The highest BCUT2D eigenvalue weighted by Gasteiger charge is 2.30. The van der Waals surface area contributed by atoms with Crippen molar-refractivity contribution in [1.82, 2.24) is 5.32 Å². The first-order valence-electron chi connectivity index (χ1n) is 5.84. The topological polar surface area (TPSA) is 92.4 Å². The highest BCUT2D eigenvalue weighted by molar-refractivity contribution is 5.87. The fraction of sp³-hybridized carbons (Fsp3) is 0.833. The molecule has 4 N–H and O–H groups in total. The van der Waals surface area contributed by atoms with E-state index in [2.05, 4.69) is 5.32 Å². The molecule has 0 aromatic rings. The van der Waals surface area contributed by atoms with Crippen LogP contribution < -0.4 is 11.1 Å². The van der Waals surface area contributed by atoms with E-state index in [1.54, 1.807) is 0 Å². The molecule has 0 heterocycles. The number of carbonyl (C=O) groups is 2. The van der Waals surface area contributed by atoms with Gasteiger partial charge in [0.25, 0.3) is 0 Å². The Hall–Kier alpha value is -1.10. The van der Waals surface area contributed by atoms with E-state index in [-0.39, 0.29) is 11.3 Å². The normalized spacial score (nSPS) is 15.5. The Kier molecular flexibility index (Phi) is 5.61. The van der Waals surface area contributed by atoms with Crippen LogP contribution in [-0.2, 0) is 9.59 Å². The summed E-state index contributed by atoms with van der Waals surface area (Å²) in [5, 5.41) is 11.5. The van der Waals surface area contributed by atoms with E-state index in [1.165, 1.54) is 0 Å². The summed E-state index contributed by atoms with van der Waals surface area (Å²) in [4.78, 5) is 22.8. The first-order chi connectivity index (χ1) is 7.55. The Bertz CT molecular complexity index is 282. The number of nitrogens with two attached hydrogens (primary N) is 1. The molecule has 0 rings (SSSR count). The monoisotopic (exact) mass is 244 g/mol. The number of nitrogens with one attached hydrogen (secondary N) is 1. The molecule has 0 aliphatic heterocycles. The second-order valence-electron chi connectivity index (χ2n) is 5.87. The Morgan fingerprint density at radius 1 is 1.29 bits per heavy atom. The maximum Gasteiger partial charge on any atom is 0.326 e. The standard InChI is InChI=1S/C12H24N2O3/c1-7(2)6-8(11(16)17)14-10(15)9(13)12(3,4)5/h7-9H,6,13H2,1-5H3,(H,14,15)(H,16,17)/t8?,9-/m0/s1. The van der Waals surface area contributed by atoms with E-state index in [0.29, 0.717) is 6.42 Å². The molecule has 17 heavy (non-hydrogen) atoms. The lowest BCUT2D eigenvalue weighted by Gasteiger charge is -2.27. The van der Waals surface area contributed by atoms with Crippen LogP contribution in [0.1, 0.15) is 41.0 Å². The Balaban J connectivity index is 4.57. The summed E-state index contributed by atoms with van der Waals surface area (Å²) in [6.45, 7) is 9.35. The molecule has 0 saturated carbocycles. The fourth-order valence-corrected chi connectivity index (χ4v) is 1.35. The number of amides is 1. The van der Waals surface area contributed by atoms with Gasteiger partial charge in [-0.25, -0.2) is 4.79 Å². The molecule has 0 bridgehead atoms. The Labute approximate surface area is 103 Å². The predicted octanol–water partition coefficient (Wildman–Crippen LogP) is 0.975. The molecule has 100 valence electrons. The van der Waals surface area contributed by atoms with Gasteiger partial charge >= 0.3 is 5.97 Å². The molecule has 0 aliphatic carbocycles. The molecule has 1 unspecified atom stereocenters. The van der Waals surface area contributed by atoms with E-state index in [0.717, 1.165) is 0 Å². The maximum absolute atomic E-state index is 11.8. The van der Waals surface area contributed by atoms with Crippen LogP contribution in [0, 0.1) is 11.3 Å². The summed E-state index contributed by atoms with van der Waals surface area (Å²) < 4.78 is 0. The average Bonchev–Trinajstić information content (AvgIpc) is 2.13. The van der Waals surface area contributed by atoms with Crippen LogP contribution in [0.25, 0.3) is 0 Å². The van der Waals surface area contributed by atoms with E-state index in [4.69, 9.17) is 10.8 Å². The van der Waals surface area contributed by atoms with Gasteiger partial charge in [-0.15, -0.1) is 0 Å². The summed E-state index contributed by atoms with van der Waals surface area (Å²) in [6.07, 6.45) is 0.401. The minimum absolute atomic E-state index is 0.197. The number of carboxylic acid groups (broad SMARTS) is 1. The minimum atomic E-state index is -1.02. The number of carboxylic acids is 1. The molecule has 5 nitrogen and oxygen atoms in total. The second-order valence-corrected chi connectivity index (χ2v) is 5.87. The molecule has 1 amide bonds. The molecule has 2 atom stereocenters. The van der Waals surface area contributed by atoms with Crippen molar-refractivity contribution in [3.8, 4) is 0 Å². The van der Waals surface area contributed by atoms with Crippen molar-refractivity contribution >= 4 is 11.9 Å². The van der Waals surface area contributed by atoms with Gasteiger partial charge < -0.3 is 16.2 Å². The van der Waals surface area contributed by atoms with Crippen molar-refractivity contribution in [3.05, 3.63) is 0 Å². The molecule has 0 radical (unpaired) electrons. The van der Waals surface area contributed by atoms with Gasteiger partial charge in [0.15, 0.2) is 0 Å². The molecule has 5 heteroatoms. The first-order valence-corrected chi connectivity index (χ1v) is 5.84. The van der Waals surface area contributed by atoms with Crippen LogP contribution in [0.5, 0.6) is 0 Å². The summed E-state index contributed by atoms with van der Waals surface area (Å²) in [7, 11) is 0. The maximum atomic E-state index is 11.8. The van der Waals surface area contributed by atoms with E-state index >= 15 is 0 Å². The number of carbonyl (C=O) groups excluding carboxylic acids is 1. The summed E-state index contributed by atoms with van der Waals surface area (Å²) >= 11 is 0. The third-order valence-electron chi connectivity index (χ3n) is 2.54. The number of aliphatic carboxylic acids is 1. The lowest BCUT2D eigenvalue weighted by molar-refractivity contribution is -0.142. The highest BCUT2D eigenvalue weighted by Crippen LogP contribution is 2.17. The van der Waals surface area contributed by atoms with Crippen LogP contribution >= 0.6 is 0 Å². The molecule has 0 fully saturated rings. The lowest BCUT2D eigenvalue weighted by atomic mass is 9.86. The van der Waals surface area contributed by atoms with Gasteiger partial charge in [0, 0.05) is 0 Å². The highest BCUT2D eigenvalue weighted by atomic mass is 16.4. The van der Waals surface area contributed by atoms with Crippen molar-refractivity contribution < 1.29 is 14.7 Å². The van der Waals surface area contributed by atoms with Gasteiger partial charge in [-0.2, -0.15) is 0 Å². The molecule has 0 spiro atoms. The zero-order valence-electron chi connectivity index (χ0n) is 11.3. The molecule has 0 saturated heterocycles. The van der Waals surface area contributed by atoms with Crippen molar-refractivity contribution in [1.29, 1.82) is 0 Å². The van der Waals surface area contributed by atoms with Crippen LogP contribution in [0.2, 0.25) is 0 Å². The van der Waals surface area contributed by atoms with Gasteiger partial charge in [0.2, 0.25) is 5.91 Å². The Morgan fingerprint density at radius 3 is 2.06 bits per heavy atom. The predicted molar refractivity (Wildman–Crippen MR) is 66.5 cm³/mol. The first kappa shape index (κ1) is 15.9. The van der Waals surface area contributed by atoms with Gasteiger partial charge in [0.1, 0.15) is 6.04 Å². The van der Waals surface area contributed by atoms with Gasteiger partial charge in [0.05, 0.1) is 6.04 Å². The van der Waals surface area contributed by atoms with E-state index in [9.17, 15) is 9.59 Å². The smallest absolute Gasteiger partial charge is 0.326 e. The van der Waals surface area contributed by atoms with E-state index in [1.807, 2.05) is 34.6 Å². The summed E-state index contributed by atoms with van der Waals surface area (Å²) in [5.41, 5.74) is 5.38. The molecular formula is C12H24N2O3. The van der Waals surface area contributed by atoms with Crippen LogP contribution in [0.15, 0.2) is 0 Å². The SMILES string of the molecule is CC(C)CC(NC(=O)[C@H](N)C(C)(C)C)C(=O)O. The average molecular weight is 244 g/mol. The van der Waals surface area contributed by atoms with Gasteiger partial charge in [-0.05, 0) is 17.8 Å². The zero-order valence-corrected chi connectivity index (χ0v) is 11.3. The molecule has 0 aromatic carbocycles. The van der Waals surface area contributed by atoms with Crippen molar-refractivity contribution in [2.45, 2.75) is 53.1 Å². The summed E-state index contributed by atoms with van der Waals surface area (Å²) in [6, 6.07) is -1.58. The number of hydrogen-bond donors (Lipinski definition) is 3. The van der Waals surface area contributed by atoms with Crippen LogP contribution in [-0.4, -0.2) is 29.1 Å². The van der Waals surface area contributed by atoms with Gasteiger partial charge in [-0.1, -0.05) is 34.6 Å². The van der Waals surface area contributed by atoms with E-state index < -0.39 is 24.0 Å². The van der Waals surface area contributed by atoms with Crippen molar-refractivity contribution in [3.63, 3.8) is 0 Å². The quantitative estimate of drug-likeness (QED) is 0.672. The zero-order chi connectivity index (χ0) is 13.8. The number of hydrogen-bond acceptors (Lipinski definition) is 3. The lowest BCUT2D eigenvalue weighted by Crippen LogP contribution is -2.53. The van der Waals surface area contributed by atoms with Crippen LogP contribution in [0.4, 0.5) is 0 Å². The fourth-order valence-electron chi connectivity index (χ4n) is 1.35. The largest absolute Gasteiger partial charge is 0.480 e.